The Morgan fingerprint density at radius 3 is 2.81 bits per heavy atom. The number of ether oxygens (including phenoxy) is 1. The Balaban J connectivity index is 2.42. The number of carbonyl (C=O) groups is 1. The highest BCUT2D eigenvalue weighted by Gasteiger charge is 2.14. The van der Waals surface area contributed by atoms with Crippen LogP contribution in [0.3, 0.4) is 0 Å². The smallest absolute Gasteiger partial charge is 0.338 e. The average molecular weight is 291 g/mol. The Hall–Kier alpha value is -2.90. The fraction of sp³-hybridized carbons (Fsp3) is 0.231. The van der Waals surface area contributed by atoms with Gasteiger partial charge in [0, 0.05) is 18.3 Å². The topological polar surface area (TPSA) is 107 Å². The van der Waals surface area contributed by atoms with Crippen molar-refractivity contribution >= 4 is 11.7 Å². The molecular formula is C13H13N3O5. The van der Waals surface area contributed by atoms with Crippen molar-refractivity contribution in [1.29, 1.82) is 0 Å². The summed E-state index contributed by atoms with van der Waals surface area (Å²) in [6.45, 7) is 2.35. The molecule has 21 heavy (non-hydrogen) atoms. The molecule has 0 amide bonds. The molecule has 0 atom stereocenters. The van der Waals surface area contributed by atoms with Crippen LogP contribution in [0.4, 0.5) is 5.69 Å². The van der Waals surface area contributed by atoms with Gasteiger partial charge in [0.1, 0.15) is 5.75 Å². The van der Waals surface area contributed by atoms with Crippen LogP contribution in [0.2, 0.25) is 0 Å². The Labute approximate surface area is 119 Å². The lowest BCUT2D eigenvalue weighted by Gasteiger charge is -2.07. The number of benzene rings is 1. The Bertz CT molecular complexity index is 680. The molecule has 1 aromatic carbocycles. The molecule has 0 saturated heterocycles. The maximum absolute atomic E-state index is 11.0. The van der Waals surface area contributed by atoms with Crippen LogP contribution in [0.25, 0.3) is 5.69 Å². The number of carboxylic acid groups (broad SMARTS) is 1. The first-order valence-electron chi connectivity index (χ1n) is 6.22. The number of carboxylic acids is 1. The summed E-state index contributed by atoms with van der Waals surface area (Å²) in [4.78, 5) is 21.3. The number of nitrogens with zero attached hydrogens (tertiary/aromatic N) is 3. The molecule has 1 heterocycles. The number of nitro benzene ring substituents is 1. The van der Waals surface area contributed by atoms with Crippen LogP contribution in [0, 0.1) is 10.1 Å². The van der Waals surface area contributed by atoms with Crippen molar-refractivity contribution in [2.45, 2.75) is 13.3 Å². The second-order valence-electron chi connectivity index (χ2n) is 4.27. The third-order valence-electron chi connectivity index (χ3n) is 2.65. The summed E-state index contributed by atoms with van der Waals surface area (Å²) in [6.07, 6.45) is 3.22. The Morgan fingerprint density at radius 2 is 2.24 bits per heavy atom. The summed E-state index contributed by atoms with van der Waals surface area (Å²) in [7, 11) is 0. The molecule has 8 heteroatoms. The summed E-state index contributed by atoms with van der Waals surface area (Å²) < 4.78 is 6.66. The van der Waals surface area contributed by atoms with Gasteiger partial charge in [-0.15, -0.1) is 0 Å². The molecule has 0 unspecified atom stereocenters. The van der Waals surface area contributed by atoms with Crippen molar-refractivity contribution in [2.24, 2.45) is 0 Å². The van der Waals surface area contributed by atoms with Gasteiger partial charge in [-0.2, -0.15) is 5.10 Å². The van der Waals surface area contributed by atoms with Crippen LogP contribution >= 0.6 is 0 Å². The van der Waals surface area contributed by atoms with Crippen LogP contribution < -0.4 is 4.74 Å². The molecule has 1 aromatic heterocycles. The van der Waals surface area contributed by atoms with Gasteiger partial charge in [-0.05, 0) is 6.42 Å². The third-order valence-corrected chi connectivity index (χ3v) is 2.65. The highest BCUT2D eigenvalue weighted by atomic mass is 16.6. The first-order valence-corrected chi connectivity index (χ1v) is 6.22. The molecule has 0 aliphatic heterocycles. The molecule has 0 saturated carbocycles. The normalized spacial score (nSPS) is 10.3. The minimum Gasteiger partial charge on any atom is -0.493 e. The molecule has 0 radical (unpaired) electrons. The number of aromatic carboxylic acids is 1. The minimum atomic E-state index is -1.12. The summed E-state index contributed by atoms with van der Waals surface area (Å²) >= 11 is 0. The highest BCUT2D eigenvalue weighted by molar-refractivity contribution is 5.87. The zero-order valence-corrected chi connectivity index (χ0v) is 11.2. The fourth-order valence-electron chi connectivity index (χ4n) is 1.68. The summed E-state index contributed by atoms with van der Waals surface area (Å²) in [5.41, 5.74) is 0.214. The zero-order chi connectivity index (χ0) is 15.4. The first kappa shape index (κ1) is 14.5. The molecule has 2 rings (SSSR count). The van der Waals surface area contributed by atoms with Crippen LogP contribution in [-0.2, 0) is 0 Å². The van der Waals surface area contributed by atoms with E-state index in [0.717, 1.165) is 6.42 Å². The summed E-state index contributed by atoms with van der Waals surface area (Å²) in [6, 6.07) is 4.19. The lowest BCUT2D eigenvalue weighted by atomic mass is 10.2. The molecule has 0 aliphatic rings. The number of hydrogen-bond acceptors (Lipinski definition) is 5. The van der Waals surface area contributed by atoms with Gasteiger partial charge in [-0.3, -0.25) is 10.1 Å². The van der Waals surface area contributed by atoms with Crippen molar-refractivity contribution in [1.82, 2.24) is 9.78 Å². The van der Waals surface area contributed by atoms with Gasteiger partial charge < -0.3 is 9.84 Å². The standard InChI is InChI=1S/C13H13N3O5/c1-2-3-21-12-5-10(4-11(6-12)16(19)20)15-8-9(7-14-15)13(17)18/h4-8H,2-3H2,1H3,(H,17,18). The lowest BCUT2D eigenvalue weighted by molar-refractivity contribution is -0.384. The number of non-ortho nitro benzene ring substituents is 1. The van der Waals surface area contributed by atoms with Crippen LogP contribution in [0.1, 0.15) is 23.7 Å². The van der Waals surface area contributed by atoms with E-state index in [0.29, 0.717) is 18.0 Å². The zero-order valence-electron chi connectivity index (χ0n) is 11.2. The fourth-order valence-corrected chi connectivity index (χ4v) is 1.68. The van der Waals surface area contributed by atoms with E-state index in [1.165, 1.54) is 29.2 Å². The molecule has 0 spiro atoms. The molecule has 0 bridgehead atoms. The van der Waals surface area contributed by atoms with Crippen LogP contribution in [-0.4, -0.2) is 32.4 Å². The second-order valence-corrected chi connectivity index (χ2v) is 4.27. The number of rotatable bonds is 6. The molecular weight excluding hydrogens is 278 g/mol. The van der Waals surface area contributed by atoms with Crippen molar-refractivity contribution in [3.05, 3.63) is 46.3 Å². The molecule has 2 aromatic rings. The monoisotopic (exact) mass is 291 g/mol. The van der Waals surface area contributed by atoms with Crippen molar-refractivity contribution < 1.29 is 19.6 Å². The SMILES string of the molecule is CCCOc1cc(-n2cc(C(=O)O)cn2)cc([N+](=O)[O-])c1. The van der Waals surface area contributed by atoms with Crippen LogP contribution in [0.15, 0.2) is 30.6 Å². The number of aromatic nitrogens is 2. The summed E-state index contributed by atoms with van der Waals surface area (Å²) in [5.74, 6) is -0.775. The lowest BCUT2D eigenvalue weighted by Crippen LogP contribution is -2.01. The van der Waals surface area contributed by atoms with Crippen molar-refractivity contribution in [3.63, 3.8) is 0 Å². The van der Waals surface area contributed by atoms with E-state index in [2.05, 4.69) is 5.10 Å². The minimum absolute atomic E-state index is 0.00228. The van der Waals surface area contributed by atoms with Gasteiger partial charge in [-0.25, -0.2) is 9.48 Å². The number of hydrogen-bond donors (Lipinski definition) is 1. The predicted molar refractivity (Wildman–Crippen MR) is 73.0 cm³/mol. The molecule has 0 fully saturated rings. The van der Waals surface area contributed by atoms with Gasteiger partial charge in [0.05, 0.1) is 35.0 Å². The average Bonchev–Trinajstić information content (AvgIpc) is 2.94. The van der Waals surface area contributed by atoms with E-state index in [-0.39, 0.29) is 11.3 Å². The Kier molecular flexibility index (Phi) is 4.17. The van der Waals surface area contributed by atoms with E-state index in [1.807, 2.05) is 6.92 Å². The van der Waals surface area contributed by atoms with E-state index >= 15 is 0 Å². The maximum Gasteiger partial charge on any atom is 0.338 e. The second kappa shape index (κ2) is 6.04. The van der Waals surface area contributed by atoms with E-state index in [9.17, 15) is 14.9 Å². The van der Waals surface area contributed by atoms with Gasteiger partial charge in [-0.1, -0.05) is 6.92 Å². The Morgan fingerprint density at radius 1 is 1.48 bits per heavy atom. The van der Waals surface area contributed by atoms with Gasteiger partial charge in [0.25, 0.3) is 5.69 Å². The number of nitro groups is 1. The van der Waals surface area contributed by atoms with E-state index in [4.69, 9.17) is 9.84 Å². The predicted octanol–water partition coefficient (Wildman–Crippen LogP) is 2.27. The van der Waals surface area contributed by atoms with E-state index in [1.54, 1.807) is 6.07 Å². The highest BCUT2D eigenvalue weighted by Crippen LogP contribution is 2.25. The van der Waals surface area contributed by atoms with Gasteiger partial charge in [0.15, 0.2) is 0 Å². The summed E-state index contributed by atoms with van der Waals surface area (Å²) in [5, 5.41) is 23.7. The van der Waals surface area contributed by atoms with Gasteiger partial charge >= 0.3 is 5.97 Å². The van der Waals surface area contributed by atoms with Crippen LogP contribution in [0.5, 0.6) is 5.75 Å². The maximum atomic E-state index is 11.0. The van der Waals surface area contributed by atoms with Crippen molar-refractivity contribution in [3.8, 4) is 11.4 Å². The molecule has 110 valence electrons. The third kappa shape index (κ3) is 3.35. The van der Waals surface area contributed by atoms with Gasteiger partial charge in [0.2, 0.25) is 0 Å². The van der Waals surface area contributed by atoms with E-state index < -0.39 is 10.9 Å². The quantitative estimate of drug-likeness (QED) is 0.646. The van der Waals surface area contributed by atoms with Crippen molar-refractivity contribution in [2.75, 3.05) is 6.61 Å². The molecule has 1 N–H and O–H groups in total. The molecule has 8 nitrogen and oxygen atoms in total. The first-order chi connectivity index (χ1) is 10.0. The molecule has 0 aliphatic carbocycles. The largest absolute Gasteiger partial charge is 0.493 e.